The molecule has 3 aliphatic carbocycles. The molecule has 2 bridgehead atoms. The van der Waals surface area contributed by atoms with Crippen LogP contribution in [0.4, 0.5) is 0 Å². The van der Waals surface area contributed by atoms with Gasteiger partial charge in [-0.1, -0.05) is 32.1 Å². The van der Waals surface area contributed by atoms with Gasteiger partial charge in [-0.25, -0.2) is 0 Å². The van der Waals surface area contributed by atoms with Gasteiger partial charge in [0.15, 0.2) is 0 Å². The highest BCUT2D eigenvalue weighted by atomic mass is 15.0. The predicted molar refractivity (Wildman–Crippen MR) is 76.7 cm³/mol. The van der Waals surface area contributed by atoms with Gasteiger partial charge in [0.05, 0.1) is 0 Å². The third-order valence-electron chi connectivity index (χ3n) is 5.56. The van der Waals surface area contributed by atoms with Crippen LogP contribution in [0.25, 0.3) is 0 Å². The largest absolute Gasteiger partial charge is 0.313 e. The molecule has 2 heteroatoms. The summed E-state index contributed by atoms with van der Waals surface area (Å²) in [5.74, 6) is 2.09. The monoisotopic (exact) mass is 250 g/mol. The summed E-state index contributed by atoms with van der Waals surface area (Å²) in [6.07, 6.45) is 14.6. The van der Waals surface area contributed by atoms with Crippen molar-refractivity contribution in [1.82, 2.24) is 10.6 Å². The van der Waals surface area contributed by atoms with Crippen LogP contribution in [-0.4, -0.2) is 25.2 Å². The van der Waals surface area contributed by atoms with E-state index in [4.69, 9.17) is 0 Å². The average molecular weight is 250 g/mol. The van der Waals surface area contributed by atoms with Crippen molar-refractivity contribution in [3.63, 3.8) is 0 Å². The zero-order chi connectivity index (χ0) is 12.2. The molecule has 3 saturated carbocycles. The van der Waals surface area contributed by atoms with E-state index in [0.29, 0.717) is 0 Å². The van der Waals surface area contributed by atoms with Crippen LogP contribution in [0.3, 0.4) is 0 Å². The Labute approximate surface area is 112 Å². The van der Waals surface area contributed by atoms with E-state index in [9.17, 15) is 0 Å². The molecular weight excluding hydrogens is 220 g/mol. The van der Waals surface area contributed by atoms with E-state index in [2.05, 4.69) is 10.6 Å². The minimum absolute atomic E-state index is 0.814. The molecule has 3 atom stereocenters. The van der Waals surface area contributed by atoms with Gasteiger partial charge in [0, 0.05) is 25.2 Å². The zero-order valence-corrected chi connectivity index (χ0v) is 11.8. The molecule has 3 aliphatic rings. The van der Waals surface area contributed by atoms with Crippen molar-refractivity contribution in [2.24, 2.45) is 11.8 Å². The summed E-state index contributed by atoms with van der Waals surface area (Å²) < 4.78 is 0. The van der Waals surface area contributed by atoms with Crippen molar-refractivity contribution < 1.29 is 0 Å². The first-order valence-corrected chi connectivity index (χ1v) is 8.38. The van der Waals surface area contributed by atoms with Crippen molar-refractivity contribution >= 4 is 0 Å². The second kappa shape index (κ2) is 6.38. The van der Waals surface area contributed by atoms with E-state index in [1.54, 1.807) is 0 Å². The number of nitrogens with one attached hydrogen (secondary N) is 2. The minimum atomic E-state index is 0.814. The first-order chi connectivity index (χ1) is 8.92. The van der Waals surface area contributed by atoms with Crippen LogP contribution in [0.5, 0.6) is 0 Å². The van der Waals surface area contributed by atoms with Gasteiger partial charge in [0.2, 0.25) is 0 Å². The van der Waals surface area contributed by atoms with Crippen molar-refractivity contribution in [1.29, 1.82) is 0 Å². The highest BCUT2D eigenvalue weighted by molar-refractivity contribution is 4.94. The Hall–Kier alpha value is -0.0800. The highest BCUT2D eigenvalue weighted by Crippen LogP contribution is 2.44. The Kier molecular flexibility index (Phi) is 4.58. The molecule has 0 amide bonds. The van der Waals surface area contributed by atoms with Crippen LogP contribution in [0.2, 0.25) is 0 Å². The molecule has 2 N–H and O–H groups in total. The highest BCUT2D eigenvalue weighted by Gasteiger charge is 2.38. The number of hydrogen-bond donors (Lipinski definition) is 2. The van der Waals surface area contributed by atoms with Gasteiger partial charge in [-0.05, 0) is 43.9 Å². The third-order valence-corrected chi connectivity index (χ3v) is 5.56. The van der Waals surface area contributed by atoms with E-state index in [0.717, 1.165) is 23.9 Å². The summed E-state index contributed by atoms with van der Waals surface area (Å²) in [4.78, 5) is 0. The topological polar surface area (TPSA) is 24.1 Å². The molecule has 0 saturated heterocycles. The maximum Gasteiger partial charge on any atom is 0.00986 e. The van der Waals surface area contributed by atoms with Gasteiger partial charge in [-0.15, -0.1) is 0 Å². The molecule has 0 aliphatic heterocycles. The lowest BCUT2D eigenvalue weighted by Crippen LogP contribution is -2.40. The van der Waals surface area contributed by atoms with Gasteiger partial charge in [-0.2, -0.15) is 0 Å². The third kappa shape index (κ3) is 3.27. The summed E-state index contributed by atoms with van der Waals surface area (Å²) >= 11 is 0. The number of hydrogen-bond acceptors (Lipinski definition) is 2. The van der Waals surface area contributed by atoms with Gasteiger partial charge in [0.1, 0.15) is 0 Å². The van der Waals surface area contributed by atoms with E-state index in [1.165, 1.54) is 77.3 Å². The SMILES string of the molecule is C1CCCC(NCCNC2CC3CCC2C3)CC1. The molecule has 0 heterocycles. The Morgan fingerprint density at radius 1 is 0.722 bits per heavy atom. The van der Waals surface area contributed by atoms with Crippen molar-refractivity contribution in [3.05, 3.63) is 0 Å². The Morgan fingerprint density at radius 3 is 2.17 bits per heavy atom. The number of fused-ring (bicyclic) bond motifs is 2. The van der Waals surface area contributed by atoms with E-state index >= 15 is 0 Å². The molecule has 3 unspecified atom stereocenters. The van der Waals surface area contributed by atoms with E-state index in [-0.39, 0.29) is 0 Å². The standard InChI is InChI=1S/C16H30N2/c1-2-4-6-15(5-3-1)17-9-10-18-16-12-13-7-8-14(16)11-13/h13-18H,1-12H2. The fourth-order valence-corrected chi connectivity index (χ4v) is 4.51. The first kappa shape index (κ1) is 12.9. The van der Waals surface area contributed by atoms with Crippen LogP contribution in [-0.2, 0) is 0 Å². The van der Waals surface area contributed by atoms with Crippen LogP contribution >= 0.6 is 0 Å². The molecule has 0 spiro atoms. The van der Waals surface area contributed by atoms with E-state index < -0.39 is 0 Å². The van der Waals surface area contributed by atoms with Crippen LogP contribution in [0.15, 0.2) is 0 Å². The summed E-state index contributed by atoms with van der Waals surface area (Å²) in [6.45, 7) is 2.36. The van der Waals surface area contributed by atoms with Crippen LogP contribution in [0.1, 0.15) is 64.2 Å². The molecule has 3 rings (SSSR count). The van der Waals surface area contributed by atoms with Crippen molar-refractivity contribution in [3.8, 4) is 0 Å². The number of rotatable bonds is 5. The smallest absolute Gasteiger partial charge is 0.00986 e. The molecular formula is C16H30N2. The lowest BCUT2D eigenvalue weighted by molar-refractivity contribution is 0.346. The molecule has 0 radical (unpaired) electrons. The lowest BCUT2D eigenvalue weighted by Gasteiger charge is -2.24. The first-order valence-electron chi connectivity index (χ1n) is 8.38. The second-order valence-corrected chi connectivity index (χ2v) is 6.88. The van der Waals surface area contributed by atoms with Gasteiger partial charge in [-0.3, -0.25) is 0 Å². The maximum atomic E-state index is 3.81. The van der Waals surface area contributed by atoms with Crippen molar-refractivity contribution in [2.45, 2.75) is 76.3 Å². The summed E-state index contributed by atoms with van der Waals surface area (Å²) in [5, 5.41) is 7.57. The van der Waals surface area contributed by atoms with Gasteiger partial charge in [0.25, 0.3) is 0 Å². The molecule has 3 fully saturated rings. The quantitative estimate of drug-likeness (QED) is 0.579. The van der Waals surface area contributed by atoms with Gasteiger partial charge >= 0.3 is 0 Å². The molecule has 2 nitrogen and oxygen atoms in total. The summed E-state index contributed by atoms with van der Waals surface area (Å²) in [7, 11) is 0. The van der Waals surface area contributed by atoms with Crippen LogP contribution in [0, 0.1) is 11.8 Å². The maximum absolute atomic E-state index is 3.81. The average Bonchev–Trinajstić information content (AvgIpc) is 2.90. The van der Waals surface area contributed by atoms with Gasteiger partial charge < -0.3 is 10.6 Å². The van der Waals surface area contributed by atoms with E-state index in [1.807, 2.05) is 0 Å². The summed E-state index contributed by atoms with van der Waals surface area (Å²) in [5.41, 5.74) is 0. The Balaban J connectivity index is 1.28. The normalized spacial score (nSPS) is 37.0. The summed E-state index contributed by atoms with van der Waals surface area (Å²) in [6, 6.07) is 1.68. The van der Waals surface area contributed by atoms with Crippen molar-refractivity contribution in [2.75, 3.05) is 13.1 Å². The Bertz CT molecular complexity index is 245. The molecule has 0 aromatic rings. The zero-order valence-electron chi connectivity index (χ0n) is 11.8. The second-order valence-electron chi connectivity index (χ2n) is 6.88. The van der Waals surface area contributed by atoms with Crippen LogP contribution < -0.4 is 10.6 Å². The fourth-order valence-electron chi connectivity index (χ4n) is 4.51. The predicted octanol–water partition coefficient (Wildman–Crippen LogP) is 3.08. The molecule has 0 aromatic carbocycles. The molecule has 0 aromatic heterocycles. The lowest BCUT2D eigenvalue weighted by atomic mass is 9.95. The molecule has 104 valence electrons. The minimum Gasteiger partial charge on any atom is -0.313 e. The Morgan fingerprint density at radius 2 is 1.50 bits per heavy atom. The molecule has 18 heavy (non-hydrogen) atoms. The fraction of sp³-hybridized carbons (Fsp3) is 1.00.